The summed E-state index contributed by atoms with van der Waals surface area (Å²) in [5.41, 5.74) is 2.65. The van der Waals surface area contributed by atoms with Crippen molar-refractivity contribution < 1.29 is 9.13 Å². The largest absolute Gasteiger partial charge is 0.370 e. The first kappa shape index (κ1) is 24.8. The van der Waals surface area contributed by atoms with Crippen molar-refractivity contribution in [1.29, 1.82) is 0 Å². The van der Waals surface area contributed by atoms with Gasteiger partial charge in [0, 0.05) is 49.4 Å². The third-order valence-corrected chi connectivity index (χ3v) is 8.03. The molecule has 5 rings (SSSR count). The maximum absolute atomic E-state index is 14.3. The van der Waals surface area contributed by atoms with Gasteiger partial charge in [-0.1, -0.05) is 43.3 Å². The van der Waals surface area contributed by atoms with Gasteiger partial charge in [-0.25, -0.2) is 9.37 Å². The summed E-state index contributed by atoms with van der Waals surface area (Å²) in [6, 6.07) is 12.1. The molecular formula is C27H32FN5O2S. The molecule has 36 heavy (non-hydrogen) atoms. The van der Waals surface area contributed by atoms with Crippen LogP contribution in [0.15, 0.2) is 53.6 Å². The van der Waals surface area contributed by atoms with E-state index in [0.717, 1.165) is 11.8 Å². The molecule has 0 bridgehead atoms. The van der Waals surface area contributed by atoms with Crippen molar-refractivity contribution in [2.45, 2.75) is 44.2 Å². The van der Waals surface area contributed by atoms with E-state index in [2.05, 4.69) is 44.8 Å². The third kappa shape index (κ3) is 5.13. The number of morpholine rings is 1. The van der Waals surface area contributed by atoms with Crippen LogP contribution in [0.2, 0.25) is 0 Å². The normalized spacial score (nSPS) is 18.9. The number of hydrogen-bond donors (Lipinski definition) is 0. The van der Waals surface area contributed by atoms with E-state index in [0.29, 0.717) is 37.4 Å². The van der Waals surface area contributed by atoms with E-state index >= 15 is 0 Å². The number of pyridine rings is 1. The first-order chi connectivity index (χ1) is 17.5. The smallest absolute Gasteiger partial charge is 0.255 e. The van der Waals surface area contributed by atoms with Crippen LogP contribution in [0.1, 0.15) is 43.8 Å². The van der Waals surface area contributed by atoms with Crippen molar-refractivity contribution in [2.75, 3.05) is 35.2 Å². The summed E-state index contributed by atoms with van der Waals surface area (Å²) >= 11 is 1.79. The molecule has 2 fully saturated rings. The molecule has 2 aromatic heterocycles. The van der Waals surface area contributed by atoms with Gasteiger partial charge in [0.25, 0.3) is 5.56 Å². The first-order valence-electron chi connectivity index (χ1n) is 12.5. The van der Waals surface area contributed by atoms with Gasteiger partial charge in [0.15, 0.2) is 5.82 Å². The number of rotatable bonds is 6. The summed E-state index contributed by atoms with van der Waals surface area (Å²) in [5.74, 6) is 0.00106. The van der Waals surface area contributed by atoms with Crippen LogP contribution in [-0.4, -0.2) is 46.5 Å². The zero-order valence-electron chi connectivity index (χ0n) is 20.8. The minimum Gasteiger partial charge on any atom is -0.370 e. The average molecular weight is 510 g/mol. The number of anilines is 2. The Kier molecular flexibility index (Phi) is 7.57. The molecule has 0 radical (unpaired) electrons. The Morgan fingerprint density at radius 2 is 1.92 bits per heavy atom. The predicted octanol–water partition coefficient (Wildman–Crippen LogP) is 4.98. The number of hydrogen-bond acceptors (Lipinski definition) is 7. The summed E-state index contributed by atoms with van der Waals surface area (Å²) in [7, 11) is 1.69. The van der Waals surface area contributed by atoms with Gasteiger partial charge in [-0.3, -0.25) is 14.3 Å². The van der Waals surface area contributed by atoms with E-state index in [4.69, 9.17) is 4.74 Å². The van der Waals surface area contributed by atoms with E-state index in [1.807, 2.05) is 4.90 Å². The number of ether oxygens (including phenoxy) is 1. The molecule has 7 nitrogen and oxygen atoms in total. The summed E-state index contributed by atoms with van der Waals surface area (Å²) in [5, 5.41) is 0. The number of halogens is 1. The lowest BCUT2D eigenvalue weighted by Gasteiger charge is -2.35. The topological polar surface area (TPSA) is 63.5 Å². The van der Waals surface area contributed by atoms with Crippen LogP contribution in [0, 0.1) is 5.82 Å². The van der Waals surface area contributed by atoms with E-state index in [1.54, 1.807) is 19.0 Å². The van der Waals surface area contributed by atoms with Crippen molar-refractivity contribution in [1.82, 2.24) is 14.5 Å². The molecule has 0 N–H and O–H groups in total. The average Bonchev–Trinajstić information content (AvgIpc) is 2.92. The van der Waals surface area contributed by atoms with Crippen molar-refractivity contribution >= 4 is 23.6 Å². The van der Waals surface area contributed by atoms with Crippen LogP contribution in [0.5, 0.6) is 0 Å². The summed E-state index contributed by atoms with van der Waals surface area (Å²) in [6.45, 7) is 1.66. The van der Waals surface area contributed by atoms with E-state index in [1.165, 1.54) is 60.7 Å². The second kappa shape index (κ2) is 11.0. The van der Waals surface area contributed by atoms with E-state index < -0.39 is 5.82 Å². The third-order valence-electron chi connectivity index (χ3n) is 7.13. The Labute approximate surface area is 215 Å². The molecule has 190 valence electrons. The quantitative estimate of drug-likeness (QED) is 0.435. The molecule has 3 aromatic rings. The Morgan fingerprint density at radius 3 is 2.64 bits per heavy atom. The zero-order valence-corrected chi connectivity index (χ0v) is 21.6. The van der Waals surface area contributed by atoms with Crippen LogP contribution in [-0.2, 0) is 11.8 Å². The minimum atomic E-state index is -0.503. The molecule has 0 spiro atoms. The lowest BCUT2D eigenvalue weighted by molar-refractivity contribution is 0.0390. The highest BCUT2D eigenvalue weighted by molar-refractivity contribution is 8.00. The predicted molar refractivity (Wildman–Crippen MR) is 143 cm³/mol. The second-order valence-corrected chi connectivity index (χ2v) is 10.1. The number of benzene rings is 1. The first-order valence-corrected chi connectivity index (χ1v) is 13.7. The van der Waals surface area contributed by atoms with Gasteiger partial charge >= 0.3 is 0 Å². The van der Waals surface area contributed by atoms with E-state index in [-0.39, 0.29) is 17.2 Å². The Hall–Kier alpha value is -2.91. The maximum Gasteiger partial charge on any atom is 0.255 e. The van der Waals surface area contributed by atoms with E-state index in [9.17, 15) is 9.18 Å². The highest BCUT2D eigenvalue weighted by atomic mass is 32.2. The van der Waals surface area contributed by atoms with Gasteiger partial charge < -0.3 is 13.9 Å². The molecule has 1 aliphatic carbocycles. The summed E-state index contributed by atoms with van der Waals surface area (Å²) in [4.78, 5) is 23.2. The standard InChI is InChI=1S/C27H32FN5O2S/c1-31-26(34)16-24(22-12-13-29-17-23(22)28)30-27(31)32-14-15-35-25(18-32)19-8-10-21(11-9-19)33(36-2)20-6-4-3-5-7-20/h8-13,16-17,20,25H,3-7,14-15,18H2,1-2H3/t25-/m1/s1. The minimum absolute atomic E-state index is 0.150. The summed E-state index contributed by atoms with van der Waals surface area (Å²) < 4.78 is 24.4. The Balaban J connectivity index is 1.36. The van der Waals surface area contributed by atoms with Gasteiger partial charge in [0.05, 0.1) is 25.0 Å². The maximum atomic E-state index is 14.3. The van der Waals surface area contributed by atoms with Crippen LogP contribution in [0.25, 0.3) is 11.3 Å². The zero-order chi connectivity index (χ0) is 25.1. The Bertz CT molecular complexity index is 1250. The molecule has 1 aliphatic heterocycles. The fraction of sp³-hybridized carbons (Fsp3) is 0.444. The SMILES string of the molecule is CSN(c1ccc([C@H]2CN(c3nc(-c4ccncc4F)cc(=O)n3C)CCO2)cc1)C1CCCCC1. The van der Waals surface area contributed by atoms with Crippen LogP contribution in [0.3, 0.4) is 0 Å². The van der Waals surface area contributed by atoms with Crippen molar-refractivity contribution in [3.8, 4) is 11.3 Å². The molecule has 2 aliphatic rings. The van der Waals surface area contributed by atoms with Crippen LogP contribution in [0.4, 0.5) is 16.0 Å². The van der Waals surface area contributed by atoms with Crippen molar-refractivity contribution in [3.63, 3.8) is 0 Å². The van der Waals surface area contributed by atoms with Gasteiger partial charge in [0.2, 0.25) is 5.95 Å². The molecule has 1 saturated carbocycles. The fourth-order valence-corrected chi connectivity index (χ4v) is 6.02. The molecule has 3 heterocycles. The van der Waals surface area contributed by atoms with Gasteiger partial charge in [-0.2, -0.15) is 0 Å². The van der Waals surface area contributed by atoms with Crippen LogP contribution < -0.4 is 14.8 Å². The van der Waals surface area contributed by atoms with Gasteiger partial charge in [-0.05, 0) is 36.6 Å². The highest BCUT2D eigenvalue weighted by Gasteiger charge is 2.26. The molecule has 9 heteroatoms. The number of nitrogens with zero attached hydrogens (tertiary/aromatic N) is 5. The van der Waals surface area contributed by atoms with Gasteiger partial charge in [0.1, 0.15) is 6.10 Å². The molecule has 0 amide bonds. The van der Waals surface area contributed by atoms with Crippen LogP contribution >= 0.6 is 11.9 Å². The van der Waals surface area contributed by atoms with Gasteiger partial charge in [-0.15, -0.1) is 0 Å². The molecule has 1 atom stereocenters. The molecule has 1 saturated heterocycles. The monoisotopic (exact) mass is 509 g/mol. The highest BCUT2D eigenvalue weighted by Crippen LogP contribution is 2.33. The van der Waals surface area contributed by atoms with Crippen molar-refractivity contribution in [2.24, 2.45) is 7.05 Å². The lowest BCUT2D eigenvalue weighted by Crippen LogP contribution is -2.41. The second-order valence-electron chi connectivity index (χ2n) is 9.39. The lowest BCUT2D eigenvalue weighted by atomic mass is 9.95. The fourth-order valence-electron chi connectivity index (χ4n) is 5.18. The molecular weight excluding hydrogens is 477 g/mol. The summed E-state index contributed by atoms with van der Waals surface area (Å²) in [6.07, 6.45) is 11.1. The molecule has 0 unspecified atom stereocenters. The van der Waals surface area contributed by atoms with Crippen molar-refractivity contribution in [3.05, 3.63) is 70.5 Å². The Morgan fingerprint density at radius 1 is 1.14 bits per heavy atom. The number of aromatic nitrogens is 3. The molecule has 1 aromatic carbocycles.